The molecule has 2 aromatic carbocycles. The second kappa shape index (κ2) is 8.39. The Balaban J connectivity index is 1.77. The molecule has 2 amide bonds. The van der Waals surface area contributed by atoms with E-state index in [1.54, 1.807) is 0 Å². The monoisotopic (exact) mass is 299 g/mol. The fourth-order valence-corrected chi connectivity index (χ4v) is 2.46. The summed E-state index contributed by atoms with van der Waals surface area (Å²) < 4.78 is 0. The minimum atomic E-state index is -0.111. The maximum Gasteiger partial charge on any atom is 0.315 e. The van der Waals surface area contributed by atoms with Gasteiger partial charge in [-0.2, -0.15) is 0 Å². The van der Waals surface area contributed by atoms with Gasteiger partial charge in [-0.15, -0.1) is 0 Å². The van der Waals surface area contributed by atoms with Gasteiger partial charge in [0.05, 0.1) is 0 Å². The van der Waals surface area contributed by atoms with E-state index in [2.05, 4.69) is 59.7 Å². The van der Waals surface area contributed by atoms with Gasteiger partial charge in [0.25, 0.3) is 0 Å². The molecule has 4 heteroatoms. The Morgan fingerprint density at radius 3 is 2.45 bits per heavy atom. The molecule has 0 unspecified atom stereocenters. The van der Waals surface area contributed by atoms with Crippen LogP contribution in [0.25, 0.3) is 10.8 Å². The average Bonchev–Trinajstić information content (AvgIpc) is 2.56. The highest BCUT2D eigenvalue weighted by Crippen LogP contribution is 2.15. The molecule has 4 nitrogen and oxygen atoms in total. The van der Waals surface area contributed by atoms with E-state index in [1.807, 2.05) is 12.1 Å². The summed E-state index contributed by atoms with van der Waals surface area (Å²) in [6.07, 6.45) is 0. The van der Waals surface area contributed by atoms with Gasteiger partial charge in [0, 0.05) is 19.6 Å². The fraction of sp³-hybridized carbons (Fsp3) is 0.389. The van der Waals surface area contributed by atoms with Crippen LogP contribution >= 0.6 is 0 Å². The molecule has 0 aromatic heterocycles. The molecular weight excluding hydrogens is 274 g/mol. The predicted octanol–water partition coefficient (Wildman–Crippen LogP) is 2.98. The van der Waals surface area contributed by atoms with E-state index in [0.29, 0.717) is 13.1 Å². The van der Waals surface area contributed by atoms with Gasteiger partial charge in [0.1, 0.15) is 0 Å². The highest BCUT2D eigenvalue weighted by atomic mass is 16.2. The molecule has 0 saturated heterocycles. The summed E-state index contributed by atoms with van der Waals surface area (Å²) in [5.41, 5.74) is 1.11. The number of rotatable bonds is 7. The Labute approximate surface area is 132 Å². The maximum absolute atomic E-state index is 11.8. The average molecular weight is 299 g/mol. The van der Waals surface area contributed by atoms with E-state index < -0.39 is 0 Å². The van der Waals surface area contributed by atoms with Crippen molar-refractivity contribution in [1.82, 2.24) is 15.5 Å². The van der Waals surface area contributed by atoms with Crippen molar-refractivity contribution in [1.29, 1.82) is 0 Å². The molecule has 0 spiro atoms. The van der Waals surface area contributed by atoms with Crippen molar-refractivity contribution in [3.05, 3.63) is 48.0 Å². The molecular formula is C18H25N3O. The minimum Gasteiger partial charge on any atom is -0.337 e. The molecule has 2 aromatic rings. The van der Waals surface area contributed by atoms with E-state index >= 15 is 0 Å². The molecule has 2 N–H and O–H groups in total. The Kier molecular flexibility index (Phi) is 6.22. The van der Waals surface area contributed by atoms with Crippen molar-refractivity contribution >= 4 is 16.8 Å². The molecule has 0 atom stereocenters. The SMILES string of the molecule is CCN(CC)CCNC(=O)NCc1ccc2ccccc2c1. The van der Waals surface area contributed by atoms with E-state index in [0.717, 1.165) is 25.2 Å². The van der Waals surface area contributed by atoms with Gasteiger partial charge in [-0.1, -0.05) is 50.2 Å². The summed E-state index contributed by atoms with van der Waals surface area (Å²) in [6, 6.07) is 14.4. The number of amides is 2. The molecule has 0 saturated carbocycles. The highest BCUT2D eigenvalue weighted by Gasteiger charge is 2.03. The van der Waals surface area contributed by atoms with Gasteiger partial charge in [-0.05, 0) is 35.5 Å². The summed E-state index contributed by atoms with van der Waals surface area (Å²) in [7, 11) is 0. The van der Waals surface area contributed by atoms with Gasteiger partial charge < -0.3 is 15.5 Å². The topological polar surface area (TPSA) is 44.4 Å². The lowest BCUT2D eigenvalue weighted by Crippen LogP contribution is -2.40. The van der Waals surface area contributed by atoms with Gasteiger partial charge in [0.2, 0.25) is 0 Å². The second-order valence-electron chi connectivity index (χ2n) is 5.32. The molecule has 22 heavy (non-hydrogen) atoms. The van der Waals surface area contributed by atoms with Crippen molar-refractivity contribution in [2.75, 3.05) is 26.2 Å². The van der Waals surface area contributed by atoms with Crippen LogP contribution in [0.4, 0.5) is 4.79 Å². The number of benzene rings is 2. The third kappa shape index (κ3) is 4.74. The first-order valence-electron chi connectivity index (χ1n) is 7.94. The van der Waals surface area contributed by atoms with E-state index in [9.17, 15) is 4.79 Å². The highest BCUT2D eigenvalue weighted by molar-refractivity contribution is 5.83. The Morgan fingerprint density at radius 1 is 1.00 bits per heavy atom. The Morgan fingerprint density at radius 2 is 1.73 bits per heavy atom. The molecule has 0 bridgehead atoms. The third-order valence-corrected chi connectivity index (χ3v) is 3.87. The first kappa shape index (κ1) is 16.3. The zero-order valence-electron chi connectivity index (χ0n) is 13.4. The van der Waals surface area contributed by atoms with Crippen molar-refractivity contribution < 1.29 is 4.79 Å². The molecule has 0 aliphatic rings. The Hall–Kier alpha value is -2.07. The number of carbonyl (C=O) groups excluding carboxylic acids is 1. The van der Waals surface area contributed by atoms with Gasteiger partial charge in [0.15, 0.2) is 0 Å². The van der Waals surface area contributed by atoms with Crippen LogP contribution in [0, 0.1) is 0 Å². The van der Waals surface area contributed by atoms with Crippen LogP contribution in [0.1, 0.15) is 19.4 Å². The number of urea groups is 1. The zero-order valence-corrected chi connectivity index (χ0v) is 13.4. The lowest BCUT2D eigenvalue weighted by molar-refractivity contribution is 0.236. The molecule has 0 heterocycles. The zero-order chi connectivity index (χ0) is 15.8. The summed E-state index contributed by atoms with van der Waals surface area (Å²) in [5, 5.41) is 8.22. The van der Waals surface area contributed by atoms with Crippen LogP contribution in [0.2, 0.25) is 0 Å². The van der Waals surface area contributed by atoms with Crippen LogP contribution in [0.15, 0.2) is 42.5 Å². The maximum atomic E-state index is 11.8. The molecule has 2 rings (SSSR count). The number of nitrogens with zero attached hydrogens (tertiary/aromatic N) is 1. The third-order valence-electron chi connectivity index (χ3n) is 3.87. The smallest absolute Gasteiger partial charge is 0.315 e. The number of likely N-dealkylation sites (N-methyl/N-ethyl adjacent to an activating group) is 1. The predicted molar refractivity (Wildman–Crippen MR) is 92.0 cm³/mol. The molecule has 0 fully saturated rings. The van der Waals surface area contributed by atoms with E-state index in [4.69, 9.17) is 0 Å². The molecule has 0 aliphatic heterocycles. The number of carbonyl (C=O) groups is 1. The minimum absolute atomic E-state index is 0.111. The van der Waals surface area contributed by atoms with Crippen molar-refractivity contribution in [2.24, 2.45) is 0 Å². The van der Waals surface area contributed by atoms with Crippen LogP contribution in [0.3, 0.4) is 0 Å². The van der Waals surface area contributed by atoms with Crippen LogP contribution < -0.4 is 10.6 Å². The first-order valence-corrected chi connectivity index (χ1v) is 7.94. The molecule has 0 radical (unpaired) electrons. The first-order chi connectivity index (χ1) is 10.7. The summed E-state index contributed by atoms with van der Waals surface area (Å²) in [5.74, 6) is 0. The fourth-order valence-electron chi connectivity index (χ4n) is 2.46. The van der Waals surface area contributed by atoms with Crippen molar-refractivity contribution in [3.8, 4) is 0 Å². The standard InChI is InChI=1S/C18H25N3O/c1-3-21(4-2)12-11-19-18(22)20-14-15-9-10-16-7-5-6-8-17(16)13-15/h5-10,13H,3-4,11-12,14H2,1-2H3,(H2,19,20,22). The summed E-state index contributed by atoms with van der Waals surface area (Å²) >= 11 is 0. The van der Waals surface area contributed by atoms with Gasteiger partial charge in [-0.25, -0.2) is 4.79 Å². The van der Waals surface area contributed by atoms with Crippen molar-refractivity contribution in [3.63, 3.8) is 0 Å². The van der Waals surface area contributed by atoms with Crippen LogP contribution in [-0.4, -0.2) is 37.1 Å². The lowest BCUT2D eigenvalue weighted by Gasteiger charge is -2.18. The largest absolute Gasteiger partial charge is 0.337 e. The number of fused-ring (bicyclic) bond motifs is 1. The van der Waals surface area contributed by atoms with Crippen LogP contribution in [0.5, 0.6) is 0 Å². The lowest BCUT2D eigenvalue weighted by atomic mass is 10.1. The van der Waals surface area contributed by atoms with Gasteiger partial charge in [-0.3, -0.25) is 0 Å². The van der Waals surface area contributed by atoms with Crippen molar-refractivity contribution in [2.45, 2.75) is 20.4 Å². The Bertz CT molecular complexity index is 608. The van der Waals surface area contributed by atoms with Crippen LogP contribution in [-0.2, 0) is 6.54 Å². The number of hydrogen-bond acceptors (Lipinski definition) is 2. The normalized spacial score (nSPS) is 10.9. The van der Waals surface area contributed by atoms with E-state index in [1.165, 1.54) is 10.8 Å². The molecule has 118 valence electrons. The van der Waals surface area contributed by atoms with E-state index in [-0.39, 0.29) is 6.03 Å². The number of nitrogens with one attached hydrogen (secondary N) is 2. The quantitative estimate of drug-likeness (QED) is 0.825. The molecule has 0 aliphatic carbocycles. The summed E-state index contributed by atoms with van der Waals surface area (Å²) in [6.45, 7) is 8.38. The second-order valence-corrected chi connectivity index (χ2v) is 5.32. The number of hydrogen-bond donors (Lipinski definition) is 2. The van der Waals surface area contributed by atoms with Gasteiger partial charge >= 0.3 is 6.03 Å². The summed E-state index contributed by atoms with van der Waals surface area (Å²) in [4.78, 5) is 14.1.